The van der Waals surface area contributed by atoms with E-state index in [4.69, 9.17) is 4.74 Å². The number of ether oxygens (including phenoxy) is 1. The fourth-order valence-corrected chi connectivity index (χ4v) is 4.24. The van der Waals surface area contributed by atoms with Crippen molar-refractivity contribution in [3.05, 3.63) is 0 Å². The van der Waals surface area contributed by atoms with Gasteiger partial charge in [0, 0.05) is 0 Å². The molecular weight excluding hydrogens is 236 g/mol. The summed E-state index contributed by atoms with van der Waals surface area (Å²) in [5.74, 6) is 3.04. The van der Waals surface area contributed by atoms with Gasteiger partial charge in [-0.05, 0) is 63.2 Å². The fraction of sp³-hybridized carbons (Fsp3) is 0.941. The van der Waals surface area contributed by atoms with E-state index in [2.05, 4.69) is 6.92 Å². The molecule has 2 rings (SSSR count). The van der Waals surface area contributed by atoms with E-state index < -0.39 is 0 Å². The highest BCUT2D eigenvalue weighted by Crippen LogP contribution is 2.46. The molecule has 0 bridgehead atoms. The number of hydrogen-bond donors (Lipinski definition) is 0. The van der Waals surface area contributed by atoms with Crippen LogP contribution in [0.3, 0.4) is 0 Å². The quantitative estimate of drug-likeness (QED) is 0.681. The van der Waals surface area contributed by atoms with Gasteiger partial charge in [0.1, 0.15) is 0 Å². The highest BCUT2D eigenvalue weighted by atomic mass is 16.5. The van der Waals surface area contributed by atoms with Gasteiger partial charge in [-0.3, -0.25) is 4.79 Å². The van der Waals surface area contributed by atoms with Crippen molar-refractivity contribution in [2.24, 2.45) is 23.7 Å². The lowest BCUT2D eigenvalue weighted by Gasteiger charge is -2.14. The predicted molar refractivity (Wildman–Crippen MR) is 77.8 cm³/mol. The summed E-state index contributed by atoms with van der Waals surface area (Å²) in [5, 5.41) is 0. The van der Waals surface area contributed by atoms with Gasteiger partial charge in [0.15, 0.2) is 0 Å². The smallest absolute Gasteiger partial charge is 0.308 e. The number of unbranched alkanes of at least 4 members (excludes halogenated alkanes) is 1. The van der Waals surface area contributed by atoms with Crippen LogP contribution < -0.4 is 0 Å². The molecule has 0 N–H and O–H groups in total. The Morgan fingerprint density at radius 2 is 1.68 bits per heavy atom. The standard InChI is InChI=1S/C17H30O2/c1-3-5-6-13-11-15-9-7-14(17(18)19-4-2)8-10-16(15)12-13/h13-16H,3-12H2,1-2H3/t13?,14?,15-,16-/m0/s1. The van der Waals surface area contributed by atoms with Gasteiger partial charge in [-0.2, -0.15) is 0 Å². The highest BCUT2D eigenvalue weighted by Gasteiger charge is 2.37. The Kier molecular flexibility index (Phi) is 5.72. The normalized spacial score (nSPS) is 28.9. The summed E-state index contributed by atoms with van der Waals surface area (Å²) in [6.45, 7) is 4.72. The minimum atomic E-state index is 0.0602. The van der Waals surface area contributed by atoms with Gasteiger partial charge in [-0.15, -0.1) is 0 Å². The Balaban J connectivity index is 1.80. The molecule has 2 atom stereocenters. The summed E-state index contributed by atoms with van der Waals surface area (Å²) < 4.78 is 5.19. The van der Waals surface area contributed by atoms with Crippen LogP contribution in [0.5, 0.6) is 0 Å². The number of carbonyl (C=O) groups excluding carboxylic acids is 1. The number of hydrogen-bond acceptors (Lipinski definition) is 2. The maximum absolute atomic E-state index is 11.9. The van der Waals surface area contributed by atoms with Crippen LogP contribution >= 0.6 is 0 Å². The molecular formula is C17H30O2. The molecule has 19 heavy (non-hydrogen) atoms. The average molecular weight is 266 g/mol. The Hall–Kier alpha value is -0.530. The summed E-state index contributed by atoms with van der Waals surface area (Å²) in [5.41, 5.74) is 0. The van der Waals surface area contributed by atoms with E-state index >= 15 is 0 Å². The third kappa shape index (κ3) is 3.97. The fourth-order valence-electron chi connectivity index (χ4n) is 4.24. The first-order valence-electron chi connectivity index (χ1n) is 8.41. The minimum Gasteiger partial charge on any atom is -0.466 e. The molecule has 0 aromatic heterocycles. The molecule has 2 nitrogen and oxygen atoms in total. The van der Waals surface area contributed by atoms with E-state index in [0.717, 1.165) is 30.6 Å². The van der Waals surface area contributed by atoms with Crippen molar-refractivity contribution in [1.29, 1.82) is 0 Å². The summed E-state index contributed by atoms with van der Waals surface area (Å²) in [7, 11) is 0. The number of esters is 1. The third-order valence-electron chi connectivity index (χ3n) is 5.30. The largest absolute Gasteiger partial charge is 0.466 e. The first kappa shape index (κ1) is 14.9. The van der Waals surface area contributed by atoms with Gasteiger partial charge in [-0.1, -0.05) is 26.2 Å². The van der Waals surface area contributed by atoms with Crippen molar-refractivity contribution in [3.63, 3.8) is 0 Å². The lowest BCUT2D eigenvalue weighted by Crippen LogP contribution is -2.17. The van der Waals surface area contributed by atoms with Crippen molar-refractivity contribution in [1.82, 2.24) is 0 Å². The lowest BCUT2D eigenvalue weighted by atomic mass is 9.92. The molecule has 0 spiro atoms. The predicted octanol–water partition coefficient (Wildman–Crippen LogP) is 4.57. The number of rotatable bonds is 5. The summed E-state index contributed by atoms with van der Waals surface area (Å²) in [6.07, 6.45) is 11.7. The van der Waals surface area contributed by atoms with Gasteiger partial charge in [-0.25, -0.2) is 0 Å². The second-order valence-corrected chi connectivity index (χ2v) is 6.60. The zero-order valence-electron chi connectivity index (χ0n) is 12.7. The Morgan fingerprint density at radius 3 is 2.21 bits per heavy atom. The second-order valence-electron chi connectivity index (χ2n) is 6.60. The minimum absolute atomic E-state index is 0.0602. The molecule has 0 saturated heterocycles. The van der Waals surface area contributed by atoms with Crippen LogP contribution in [0, 0.1) is 23.7 Å². The molecule has 0 aromatic carbocycles. The van der Waals surface area contributed by atoms with Crippen molar-refractivity contribution in [3.8, 4) is 0 Å². The summed E-state index contributed by atoms with van der Waals surface area (Å²) in [4.78, 5) is 11.9. The molecule has 2 fully saturated rings. The maximum atomic E-state index is 11.9. The van der Waals surface area contributed by atoms with Gasteiger partial charge in [0.05, 0.1) is 12.5 Å². The first-order valence-corrected chi connectivity index (χ1v) is 8.41. The molecule has 0 heterocycles. The van der Waals surface area contributed by atoms with E-state index in [0.29, 0.717) is 6.61 Å². The molecule has 2 aliphatic rings. The molecule has 110 valence electrons. The van der Waals surface area contributed by atoms with E-state index in [1.54, 1.807) is 0 Å². The van der Waals surface area contributed by atoms with Crippen molar-refractivity contribution in [2.75, 3.05) is 6.61 Å². The molecule has 0 unspecified atom stereocenters. The lowest BCUT2D eigenvalue weighted by molar-refractivity contribution is -0.148. The second kappa shape index (κ2) is 7.31. The van der Waals surface area contributed by atoms with Gasteiger partial charge in [0.25, 0.3) is 0 Å². The van der Waals surface area contributed by atoms with Crippen LogP contribution in [0.1, 0.15) is 71.6 Å². The van der Waals surface area contributed by atoms with Crippen molar-refractivity contribution < 1.29 is 9.53 Å². The highest BCUT2D eigenvalue weighted by molar-refractivity contribution is 5.72. The zero-order valence-corrected chi connectivity index (χ0v) is 12.7. The van der Waals surface area contributed by atoms with E-state index in [-0.39, 0.29) is 11.9 Å². The molecule has 2 heteroatoms. The van der Waals surface area contributed by atoms with Gasteiger partial charge in [0.2, 0.25) is 0 Å². The average Bonchev–Trinajstić information content (AvgIpc) is 2.69. The van der Waals surface area contributed by atoms with Crippen LogP contribution in [-0.4, -0.2) is 12.6 Å². The summed E-state index contributed by atoms with van der Waals surface area (Å²) in [6, 6.07) is 0. The molecule has 0 aliphatic heterocycles. The van der Waals surface area contributed by atoms with Crippen LogP contribution in [-0.2, 0) is 9.53 Å². The molecule has 0 amide bonds. The van der Waals surface area contributed by atoms with Gasteiger partial charge >= 0.3 is 5.97 Å². The molecule has 2 saturated carbocycles. The monoisotopic (exact) mass is 266 g/mol. The SMILES string of the molecule is CCCCC1C[C@@H]2CCC(C(=O)OCC)CC[C@H]2C1. The third-order valence-corrected chi connectivity index (χ3v) is 5.30. The first-order chi connectivity index (χ1) is 9.24. The Labute approximate surface area is 118 Å². The molecule has 0 radical (unpaired) electrons. The van der Waals surface area contributed by atoms with E-state index in [1.807, 2.05) is 6.92 Å². The molecule has 2 aliphatic carbocycles. The number of fused-ring (bicyclic) bond motifs is 1. The zero-order chi connectivity index (χ0) is 13.7. The van der Waals surface area contributed by atoms with Crippen molar-refractivity contribution >= 4 is 5.97 Å². The van der Waals surface area contributed by atoms with Crippen LogP contribution in [0.25, 0.3) is 0 Å². The number of carbonyl (C=O) groups is 1. The Morgan fingerprint density at radius 1 is 1.05 bits per heavy atom. The summed E-state index contributed by atoms with van der Waals surface area (Å²) >= 11 is 0. The topological polar surface area (TPSA) is 26.3 Å². The van der Waals surface area contributed by atoms with Crippen LogP contribution in [0.15, 0.2) is 0 Å². The Bertz CT molecular complexity index is 271. The van der Waals surface area contributed by atoms with E-state index in [9.17, 15) is 4.79 Å². The molecule has 0 aromatic rings. The van der Waals surface area contributed by atoms with Gasteiger partial charge < -0.3 is 4.74 Å². The van der Waals surface area contributed by atoms with E-state index in [1.165, 1.54) is 44.9 Å². The van der Waals surface area contributed by atoms with Crippen LogP contribution in [0.4, 0.5) is 0 Å². The maximum Gasteiger partial charge on any atom is 0.308 e. The van der Waals surface area contributed by atoms with Crippen LogP contribution in [0.2, 0.25) is 0 Å². The van der Waals surface area contributed by atoms with Crippen molar-refractivity contribution in [2.45, 2.75) is 71.6 Å².